The molecule has 0 aliphatic rings. The van der Waals surface area contributed by atoms with E-state index in [0.717, 1.165) is 0 Å². The quantitative estimate of drug-likeness (QED) is 0.189. The summed E-state index contributed by atoms with van der Waals surface area (Å²) in [5.74, 6) is 0.152. The molecule has 1 unspecified atom stereocenters. The van der Waals surface area contributed by atoms with Gasteiger partial charge in [-0.15, -0.1) is 24.0 Å². The highest BCUT2D eigenvalue weighted by molar-refractivity contribution is 14.0. The number of amides is 1. The number of nitrogens with zero attached hydrogens (tertiary/aromatic N) is 1. The molecule has 27 heavy (non-hydrogen) atoms. The summed E-state index contributed by atoms with van der Waals surface area (Å²) in [6.07, 6.45) is 0.462. The van der Waals surface area contributed by atoms with Gasteiger partial charge in [0.1, 0.15) is 12.6 Å². The molecular weight excluding hydrogens is 466 g/mol. The maximum atomic E-state index is 13.7. The van der Waals surface area contributed by atoms with Crippen molar-refractivity contribution in [2.45, 2.75) is 26.4 Å². The van der Waals surface area contributed by atoms with Crippen LogP contribution in [0.15, 0.2) is 29.3 Å². The number of hydrogen-bond acceptors (Lipinski definition) is 4. The number of para-hydroxylation sites is 1. The summed E-state index contributed by atoms with van der Waals surface area (Å²) < 4.78 is 24.3. The molecular formula is C18H30FIN4O3. The predicted octanol–water partition coefficient (Wildman–Crippen LogP) is 1.92. The van der Waals surface area contributed by atoms with Crippen LogP contribution in [0.5, 0.6) is 5.75 Å². The first-order valence-corrected chi connectivity index (χ1v) is 8.79. The van der Waals surface area contributed by atoms with Crippen LogP contribution in [0.25, 0.3) is 0 Å². The van der Waals surface area contributed by atoms with Crippen molar-refractivity contribution in [2.24, 2.45) is 4.99 Å². The maximum absolute atomic E-state index is 13.7. The molecule has 9 heteroatoms. The van der Waals surface area contributed by atoms with Crippen molar-refractivity contribution in [3.63, 3.8) is 0 Å². The highest BCUT2D eigenvalue weighted by Gasteiger charge is 2.12. The van der Waals surface area contributed by atoms with Crippen molar-refractivity contribution >= 4 is 35.8 Å². The molecule has 0 saturated heterocycles. The Bertz CT molecular complexity index is 575. The molecule has 3 N–H and O–H groups in total. The highest BCUT2D eigenvalue weighted by Crippen LogP contribution is 2.17. The van der Waals surface area contributed by atoms with Gasteiger partial charge in [0.25, 0.3) is 0 Å². The van der Waals surface area contributed by atoms with Gasteiger partial charge in [-0.3, -0.25) is 4.79 Å². The number of halogens is 2. The third-order valence-corrected chi connectivity index (χ3v) is 3.44. The summed E-state index contributed by atoms with van der Waals surface area (Å²) in [5, 5.41) is 8.89. The molecule has 1 atom stereocenters. The summed E-state index contributed by atoms with van der Waals surface area (Å²) in [7, 11) is 1.57. The van der Waals surface area contributed by atoms with Crippen molar-refractivity contribution < 1.29 is 18.7 Å². The number of guanidine groups is 1. The SMILES string of the molecule is CCNC(=NCC(=O)NCCOC)NCC(CC)Oc1ccccc1F.I. The lowest BCUT2D eigenvalue weighted by Gasteiger charge is -2.20. The van der Waals surface area contributed by atoms with E-state index < -0.39 is 0 Å². The van der Waals surface area contributed by atoms with Crippen molar-refractivity contribution in [1.82, 2.24) is 16.0 Å². The van der Waals surface area contributed by atoms with Crippen LogP contribution < -0.4 is 20.7 Å². The Kier molecular flexibility index (Phi) is 14.5. The molecule has 1 aromatic rings. The summed E-state index contributed by atoms with van der Waals surface area (Å²) >= 11 is 0. The monoisotopic (exact) mass is 496 g/mol. The largest absolute Gasteiger partial charge is 0.486 e. The van der Waals surface area contributed by atoms with E-state index in [9.17, 15) is 9.18 Å². The average Bonchev–Trinajstić information content (AvgIpc) is 2.64. The molecule has 0 saturated carbocycles. The van der Waals surface area contributed by atoms with E-state index in [-0.39, 0.29) is 54.1 Å². The summed E-state index contributed by atoms with van der Waals surface area (Å²) in [5.41, 5.74) is 0. The molecule has 0 spiro atoms. The van der Waals surface area contributed by atoms with Gasteiger partial charge in [0.15, 0.2) is 17.5 Å². The molecule has 0 bridgehead atoms. The van der Waals surface area contributed by atoms with Gasteiger partial charge in [0.2, 0.25) is 5.91 Å². The summed E-state index contributed by atoms with van der Waals surface area (Å²) in [6, 6.07) is 6.31. The van der Waals surface area contributed by atoms with E-state index in [1.54, 1.807) is 25.3 Å². The lowest BCUT2D eigenvalue weighted by atomic mass is 10.2. The van der Waals surface area contributed by atoms with E-state index in [2.05, 4.69) is 20.9 Å². The van der Waals surface area contributed by atoms with E-state index >= 15 is 0 Å². The Morgan fingerprint density at radius 3 is 2.59 bits per heavy atom. The fraction of sp³-hybridized carbons (Fsp3) is 0.556. The van der Waals surface area contributed by atoms with Crippen LogP contribution in [0, 0.1) is 5.82 Å². The summed E-state index contributed by atoms with van der Waals surface area (Å²) in [4.78, 5) is 15.9. The Hall–Kier alpha value is -1.62. The molecule has 0 heterocycles. The van der Waals surface area contributed by atoms with E-state index in [4.69, 9.17) is 9.47 Å². The number of rotatable bonds is 11. The topological polar surface area (TPSA) is 84.0 Å². The molecule has 1 amide bonds. The van der Waals surface area contributed by atoms with Crippen molar-refractivity contribution in [1.29, 1.82) is 0 Å². The second-order valence-electron chi connectivity index (χ2n) is 5.50. The standard InChI is InChI=1S/C18H29FN4O3.HI/c1-4-14(26-16-9-7-6-8-15(16)19)12-22-18(20-5-2)23-13-17(24)21-10-11-25-3;/h6-9,14H,4-5,10-13H2,1-3H3,(H,21,24)(H2,20,22,23);1H. The molecule has 0 fully saturated rings. The summed E-state index contributed by atoms with van der Waals surface area (Å²) in [6.45, 7) is 5.89. The number of hydrogen-bond donors (Lipinski definition) is 3. The minimum atomic E-state index is -0.390. The van der Waals surface area contributed by atoms with Crippen LogP contribution in [0.1, 0.15) is 20.3 Å². The Labute approximate surface area is 177 Å². The van der Waals surface area contributed by atoms with E-state index in [0.29, 0.717) is 38.6 Å². The van der Waals surface area contributed by atoms with Gasteiger partial charge in [-0.25, -0.2) is 9.38 Å². The maximum Gasteiger partial charge on any atom is 0.241 e. The van der Waals surface area contributed by atoms with Crippen molar-refractivity contribution in [3.05, 3.63) is 30.1 Å². The molecule has 0 aliphatic carbocycles. The number of benzene rings is 1. The zero-order valence-corrected chi connectivity index (χ0v) is 18.4. The van der Waals surface area contributed by atoms with Crippen molar-refractivity contribution in [2.75, 3.05) is 39.9 Å². The van der Waals surface area contributed by atoms with E-state index in [1.807, 2.05) is 13.8 Å². The van der Waals surface area contributed by atoms with Gasteiger partial charge < -0.3 is 25.4 Å². The molecule has 1 aromatic carbocycles. The van der Waals surface area contributed by atoms with E-state index in [1.165, 1.54) is 6.07 Å². The zero-order valence-electron chi connectivity index (χ0n) is 16.1. The van der Waals surface area contributed by atoms with Gasteiger partial charge in [-0.1, -0.05) is 19.1 Å². The van der Waals surface area contributed by atoms with Gasteiger partial charge in [0, 0.05) is 20.2 Å². The Morgan fingerprint density at radius 1 is 1.22 bits per heavy atom. The van der Waals surface area contributed by atoms with Crippen LogP contribution >= 0.6 is 24.0 Å². The number of ether oxygens (including phenoxy) is 2. The van der Waals surface area contributed by atoms with Crippen LogP contribution in [0.4, 0.5) is 4.39 Å². The normalized spacial score (nSPS) is 11.9. The Balaban J connectivity index is 0.00000676. The van der Waals surface area contributed by atoms with Gasteiger partial charge in [0.05, 0.1) is 13.2 Å². The molecule has 0 aliphatic heterocycles. The average molecular weight is 496 g/mol. The highest BCUT2D eigenvalue weighted by atomic mass is 127. The minimum Gasteiger partial charge on any atom is -0.486 e. The number of carbonyl (C=O) groups is 1. The van der Waals surface area contributed by atoms with Gasteiger partial charge >= 0.3 is 0 Å². The van der Waals surface area contributed by atoms with Crippen molar-refractivity contribution in [3.8, 4) is 5.75 Å². The molecule has 154 valence electrons. The van der Waals surface area contributed by atoms with Crippen LogP contribution in [0.3, 0.4) is 0 Å². The minimum absolute atomic E-state index is 0. The number of carbonyl (C=O) groups excluding carboxylic acids is 1. The third kappa shape index (κ3) is 11.0. The lowest BCUT2D eigenvalue weighted by molar-refractivity contribution is -0.119. The second kappa shape index (κ2) is 15.4. The second-order valence-corrected chi connectivity index (χ2v) is 5.50. The molecule has 1 rings (SSSR count). The number of methoxy groups -OCH3 is 1. The van der Waals surface area contributed by atoms with Gasteiger partial charge in [-0.05, 0) is 25.5 Å². The molecule has 0 aromatic heterocycles. The third-order valence-electron chi connectivity index (χ3n) is 3.44. The smallest absolute Gasteiger partial charge is 0.241 e. The van der Waals surface area contributed by atoms with Gasteiger partial charge in [-0.2, -0.15) is 0 Å². The first kappa shape index (κ1) is 25.4. The number of aliphatic imine (C=N–C) groups is 1. The fourth-order valence-corrected chi connectivity index (χ4v) is 2.04. The molecule has 0 radical (unpaired) electrons. The fourth-order valence-electron chi connectivity index (χ4n) is 2.04. The predicted molar refractivity (Wildman–Crippen MR) is 115 cm³/mol. The van der Waals surface area contributed by atoms with Crippen LogP contribution in [0.2, 0.25) is 0 Å². The first-order chi connectivity index (χ1) is 12.6. The van der Waals surface area contributed by atoms with Crippen LogP contribution in [-0.4, -0.2) is 57.9 Å². The first-order valence-electron chi connectivity index (χ1n) is 8.79. The lowest BCUT2D eigenvalue weighted by Crippen LogP contribution is -2.43. The van der Waals surface area contributed by atoms with Crippen LogP contribution in [-0.2, 0) is 9.53 Å². The molecule has 7 nitrogen and oxygen atoms in total. The zero-order chi connectivity index (χ0) is 19.2. The Morgan fingerprint density at radius 2 is 1.96 bits per heavy atom. The number of nitrogens with one attached hydrogen (secondary N) is 3.